The fourth-order valence-corrected chi connectivity index (χ4v) is 2.81. The molecule has 3 rings (SSSR count). The van der Waals surface area contributed by atoms with Gasteiger partial charge in [0.15, 0.2) is 5.13 Å². The number of fused-ring (bicyclic) bond motifs is 1. The summed E-state index contributed by atoms with van der Waals surface area (Å²) in [6.45, 7) is 2.39. The second-order valence-electron chi connectivity index (χ2n) is 4.50. The highest BCUT2D eigenvalue weighted by Gasteiger charge is 2.14. The van der Waals surface area contributed by atoms with Crippen LogP contribution in [0.3, 0.4) is 0 Å². The van der Waals surface area contributed by atoms with Crippen LogP contribution < -0.4 is 15.4 Å². The normalized spacial score (nSPS) is 10.5. The Labute approximate surface area is 136 Å². The standard InChI is InChI=1S/C14H14N6O2S/c1-3-17-13(21)20-14-18-10-4-9(8-5-15-7-16-6-8)11(22-2)19-12(10)23-14/h4-7H,3H2,1-2H3,(H2,17,18,20,21). The number of thiazole rings is 1. The molecular weight excluding hydrogens is 316 g/mol. The predicted octanol–water partition coefficient (Wildman–Crippen LogP) is 2.30. The predicted molar refractivity (Wildman–Crippen MR) is 87.7 cm³/mol. The van der Waals surface area contributed by atoms with Crippen molar-refractivity contribution in [2.75, 3.05) is 19.0 Å². The van der Waals surface area contributed by atoms with Crippen molar-refractivity contribution < 1.29 is 9.53 Å². The van der Waals surface area contributed by atoms with Gasteiger partial charge >= 0.3 is 6.03 Å². The summed E-state index contributed by atoms with van der Waals surface area (Å²) >= 11 is 1.28. The Morgan fingerprint density at radius 2 is 2.09 bits per heavy atom. The molecule has 0 fully saturated rings. The highest BCUT2D eigenvalue weighted by atomic mass is 32.1. The van der Waals surface area contributed by atoms with Crippen LogP contribution in [0.25, 0.3) is 21.5 Å². The zero-order valence-corrected chi connectivity index (χ0v) is 13.3. The van der Waals surface area contributed by atoms with Gasteiger partial charge in [0.25, 0.3) is 0 Å². The van der Waals surface area contributed by atoms with Crippen LogP contribution in [0.2, 0.25) is 0 Å². The second kappa shape index (κ2) is 6.53. The van der Waals surface area contributed by atoms with E-state index in [4.69, 9.17) is 4.74 Å². The first-order valence-corrected chi connectivity index (χ1v) is 7.68. The van der Waals surface area contributed by atoms with Gasteiger partial charge in [-0.3, -0.25) is 5.32 Å². The average Bonchev–Trinajstić information content (AvgIpc) is 2.95. The Kier molecular flexibility index (Phi) is 4.29. The number of hydrogen-bond donors (Lipinski definition) is 2. The second-order valence-corrected chi connectivity index (χ2v) is 5.48. The number of hydrogen-bond acceptors (Lipinski definition) is 7. The maximum atomic E-state index is 11.6. The zero-order chi connectivity index (χ0) is 16.2. The van der Waals surface area contributed by atoms with E-state index in [-0.39, 0.29) is 6.03 Å². The molecule has 0 aliphatic rings. The van der Waals surface area contributed by atoms with Gasteiger partial charge in [0.1, 0.15) is 16.7 Å². The van der Waals surface area contributed by atoms with E-state index >= 15 is 0 Å². The number of aromatic nitrogens is 4. The molecule has 3 aromatic heterocycles. The molecule has 0 unspecified atom stereocenters. The molecule has 0 saturated carbocycles. The van der Waals surface area contributed by atoms with Crippen molar-refractivity contribution in [3.05, 3.63) is 24.8 Å². The highest BCUT2D eigenvalue weighted by Crippen LogP contribution is 2.33. The molecule has 0 aliphatic carbocycles. The molecule has 0 atom stereocenters. The Hall–Kier alpha value is -2.81. The van der Waals surface area contributed by atoms with Gasteiger partial charge in [-0.15, -0.1) is 0 Å². The smallest absolute Gasteiger partial charge is 0.321 e. The van der Waals surface area contributed by atoms with E-state index in [2.05, 4.69) is 30.6 Å². The van der Waals surface area contributed by atoms with Crippen molar-refractivity contribution in [3.63, 3.8) is 0 Å². The molecule has 2 N–H and O–H groups in total. The minimum Gasteiger partial charge on any atom is -0.481 e. The van der Waals surface area contributed by atoms with Gasteiger partial charge in [-0.1, -0.05) is 11.3 Å². The Morgan fingerprint density at radius 3 is 2.78 bits per heavy atom. The number of amides is 2. The third kappa shape index (κ3) is 3.19. The van der Waals surface area contributed by atoms with E-state index in [1.807, 2.05) is 13.0 Å². The van der Waals surface area contributed by atoms with Crippen LogP contribution in [0.1, 0.15) is 6.92 Å². The maximum absolute atomic E-state index is 11.6. The van der Waals surface area contributed by atoms with E-state index in [1.165, 1.54) is 17.7 Å². The van der Waals surface area contributed by atoms with Crippen molar-refractivity contribution in [1.82, 2.24) is 25.3 Å². The number of nitrogens with one attached hydrogen (secondary N) is 2. The molecule has 3 aromatic rings. The molecule has 8 nitrogen and oxygen atoms in total. The molecule has 23 heavy (non-hydrogen) atoms. The quantitative estimate of drug-likeness (QED) is 0.761. The van der Waals surface area contributed by atoms with Gasteiger partial charge in [0.2, 0.25) is 5.88 Å². The number of pyridine rings is 1. The molecular formula is C14H14N6O2S. The Bertz CT molecular complexity index is 836. The van der Waals surface area contributed by atoms with E-state index in [0.717, 1.165) is 11.1 Å². The number of carbonyl (C=O) groups is 1. The van der Waals surface area contributed by atoms with Crippen molar-refractivity contribution >= 4 is 32.8 Å². The summed E-state index contributed by atoms with van der Waals surface area (Å²) in [6.07, 6.45) is 4.82. The van der Waals surface area contributed by atoms with Crippen LogP contribution >= 0.6 is 11.3 Å². The van der Waals surface area contributed by atoms with Crippen LogP contribution in [0.4, 0.5) is 9.93 Å². The summed E-state index contributed by atoms with van der Waals surface area (Å²) in [5.74, 6) is 0.459. The van der Waals surface area contributed by atoms with Crippen molar-refractivity contribution in [3.8, 4) is 17.0 Å². The lowest BCUT2D eigenvalue weighted by Gasteiger charge is -2.06. The van der Waals surface area contributed by atoms with Crippen molar-refractivity contribution in [1.29, 1.82) is 0 Å². The summed E-state index contributed by atoms with van der Waals surface area (Å²) in [4.78, 5) is 29.1. The van der Waals surface area contributed by atoms with Crippen molar-refractivity contribution in [2.45, 2.75) is 6.92 Å². The SMILES string of the molecule is CCNC(=O)Nc1nc2cc(-c3cncnc3)c(OC)nc2s1. The molecule has 0 saturated heterocycles. The summed E-state index contributed by atoms with van der Waals surface area (Å²) < 4.78 is 5.35. The summed E-state index contributed by atoms with van der Waals surface area (Å²) in [5, 5.41) is 5.81. The molecule has 0 spiro atoms. The Balaban J connectivity index is 2.01. The lowest BCUT2D eigenvalue weighted by Crippen LogP contribution is -2.28. The molecule has 3 heterocycles. The summed E-state index contributed by atoms with van der Waals surface area (Å²) in [5.41, 5.74) is 2.20. The Morgan fingerprint density at radius 1 is 1.30 bits per heavy atom. The number of anilines is 1. The van der Waals surface area contributed by atoms with E-state index < -0.39 is 0 Å². The van der Waals surface area contributed by atoms with Gasteiger partial charge < -0.3 is 10.1 Å². The van der Waals surface area contributed by atoms with E-state index in [0.29, 0.717) is 27.9 Å². The lowest BCUT2D eigenvalue weighted by atomic mass is 10.1. The molecule has 0 aromatic carbocycles. The van der Waals surface area contributed by atoms with Crippen LogP contribution in [0.5, 0.6) is 5.88 Å². The first-order chi connectivity index (χ1) is 11.2. The van der Waals surface area contributed by atoms with E-state index in [1.54, 1.807) is 19.5 Å². The topological polar surface area (TPSA) is 102 Å². The third-order valence-corrected chi connectivity index (χ3v) is 3.85. The molecule has 0 radical (unpaired) electrons. The third-order valence-electron chi connectivity index (χ3n) is 2.97. The monoisotopic (exact) mass is 330 g/mol. The number of carbonyl (C=O) groups excluding carboxylic acids is 1. The minimum absolute atomic E-state index is 0.296. The van der Waals surface area contributed by atoms with Gasteiger partial charge in [0.05, 0.1) is 7.11 Å². The number of methoxy groups -OCH3 is 1. The van der Waals surface area contributed by atoms with E-state index in [9.17, 15) is 4.79 Å². The first kappa shape index (κ1) is 15.1. The molecule has 2 amide bonds. The van der Waals surface area contributed by atoms with Gasteiger partial charge in [-0.25, -0.2) is 24.7 Å². The van der Waals surface area contributed by atoms with Gasteiger partial charge in [-0.05, 0) is 13.0 Å². The van der Waals surface area contributed by atoms with Crippen LogP contribution in [0, 0.1) is 0 Å². The number of ether oxygens (including phenoxy) is 1. The van der Waals surface area contributed by atoms with Gasteiger partial charge in [-0.2, -0.15) is 0 Å². The maximum Gasteiger partial charge on any atom is 0.321 e. The zero-order valence-electron chi connectivity index (χ0n) is 12.5. The molecule has 118 valence electrons. The number of urea groups is 1. The molecule has 9 heteroatoms. The number of nitrogens with zero attached hydrogens (tertiary/aromatic N) is 4. The largest absolute Gasteiger partial charge is 0.481 e. The van der Waals surface area contributed by atoms with Gasteiger partial charge in [0, 0.05) is 30.1 Å². The molecule has 0 aliphatic heterocycles. The average molecular weight is 330 g/mol. The van der Waals surface area contributed by atoms with Crippen LogP contribution in [0.15, 0.2) is 24.8 Å². The van der Waals surface area contributed by atoms with Crippen LogP contribution in [-0.2, 0) is 0 Å². The summed E-state index contributed by atoms with van der Waals surface area (Å²) in [6, 6.07) is 1.55. The number of rotatable bonds is 4. The van der Waals surface area contributed by atoms with Crippen LogP contribution in [-0.4, -0.2) is 39.6 Å². The van der Waals surface area contributed by atoms with Crippen molar-refractivity contribution in [2.24, 2.45) is 0 Å². The first-order valence-electron chi connectivity index (χ1n) is 6.87. The highest BCUT2D eigenvalue weighted by molar-refractivity contribution is 7.22. The molecule has 0 bridgehead atoms. The fraction of sp³-hybridized carbons (Fsp3) is 0.214. The lowest BCUT2D eigenvalue weighted by molar-refractivity contribution is 0.252. The fourth-order valence-electron chi connectivity index (χ4n) is 2.00. The minimum atomic E-state index is -0.296. The summed E-state index contributed by atoms with van der Waals surface area (Å²) in [7, 11) is 1.55.